The van der Waals surface area contributed by atoms with Crippen molar-refractivity contribution in [2.75, 3.05) is 5.32 Å². The summed E-state index contributed by atoms with van der Waals surface area (Å²) in [5.74, 6) is 2.14. The molecule has 4 rings (SSSR count). The van der Waals surface area contributed by atoms with Crippen LogP contribution in [0, 0.1) is 23.6 Å². The van der Waals surface area contributed by atoms with Crippen molar-refractivity contribution in [2.45, 2.75) is 38.6 Å². The highest BCUT2D eigenvalue weighted by Gasteiger charge is 2.40. The van der Waals surface area contributed by atoms with Crippen molar-refractivity contribution < 1.29 is 9.18 Å². The largest absolute Gasteiger partial charge is 0.308 e. The topological polar surface area (TPSA) is 46.9 Å². The van der Waals surface area contributed by atoms with Crippen molar-refractivity contribution in [3.05, 3.63) is 46.9 Å². The van der Waals surface area contributed by atoms with Crippen molar-refractivity contribution in [3.63, 3.8) is 0 Å². The monoisotopic (exact) mass is 361 g/mol. The number of amides is 1. The summed E-state index contributed by atoms with van der Waals surface area (Å²) in [6.45, 7) is 0.403. The first kappa shape index (κ1) is 16.6. The van der Waals surface area contributed by atoms with Crippen LogP contribution in [0.1, 0.15) is 37.7 Å². The SMILES string of the molecule is O=C(CC1CC2CCC1C2)Nc1nn(Cc2cccc(F)c2)cc1Cl. The Morgan fingerprint density at radius 3 is 2.96 bits per heavy atom. The van der Waals surface area contributed by atoms with Crippen molar-refractivity contribution in [1.82, 2.24) is 9.78 Å². The minimum Gasteiger partial charge on any atom is -0.308 e. The zero-order valence-electron chi connectivity index (χ0n) is 13.9. The molecule has 2 aromatic rings. The maximum atomic E-state index is 13.3. The summed E-state index contributed by atoms with van der Waals surface area (Å²) in [6, 6.07) is 6.35. The highest BCUT2D eigenvalue weighted by Crippen LogP contribution is 2.49. The summed E-state index contributed by atoms with van der Waals surface area (Å²) in [4.78, 5) is 12.3. The lowest BCUT2D eigenvalue weighted by molar-refractivity contribution is -0.117. The number of halogens is 2. The lowest BCUT2D eigenvalue weighted by atomic mass is 9.86. The van der Waals surface area contributed by atoms with Crippen LogP contribution in [-0.4, -0.2) is 15.7 Å². The van der Waals surface area contributed by atoms with Gasteiger partial charge in [-0.15, -0.1) is 0 Å². The van der Waals surface area contributed by atoms with Crippen LogP contribution in [0.2, 0.25) is 5.02 Å². The number of carbonyl (C=O) groups is 1. The van der Waals surface area contributed by atoms with Gasteiger partial charge in [-0.1, -0.05) is 30.2 Å². The molecule has 0 saturated heterocycles. The van der Waals surface area contributed by atoms with Gasteiger partial charge >= 0.3 is 0 Å². The maximum absolute atomic E-state index is 13.3. The fraction of sp³-hybridized carbons (Fsp3) is 0.474. The van der Waals surface area contributed by atoms with Gasteiger partial charge in [-0.25, -0.2) is 4.39 Å². The molecule has 2 fully saturated rings. The highest BCUT2D eigenvalue weighted by atomic mass is 35.5. The van der Waals surface area contributed by atoms with Crippen LogP contribution in [-0.2, 0) is 11.3 Å². The van der Waals surface area contributed by atoms with E-state index in [1.165, 1.54) is 37.8 Å². The molecule has 0 spiro atoms. The number of fused-ring (bicyclic) bond motifs is 2. The number of nitrogens with one attached hydrogen (secondary N) is 1. The summed E-state index contributed by atoms with van der Waals surface area (Å²) in [7, 11) is 0. The van der Waals surface area contributed by atoms with Gasteiger partial charge in [-0.2, -0.15) is 5.10 Å². The van der Waals surface area contributed by atoms with Crippen LogP contribution in [0.5, 0.6) is 0 Å². The quantitative estimate of drug-likeness (QED) is 0.852. The van der Waals surface area contributed by atoms with E-state index >= 15 is 0 Å². The van der Waals surface area contributed by atoms with Crippen LogP contribution >= 0.6 is 11.6 Å². The van der Waals surface area contributed by atoms with Crippen LogP contribution in [0.3, 0.4) is 0 Å². The van der Waals surface area contributed by atoms with E-state index < -0.39 is 0 Å². The van der Waals surface area contributed by atoms with Gasteiger partial charge in [0.25, 0.3) is 0 Å². The Balaban J connectivity index is 1.37. The molecule has 0 radical (unpaired) electrons. The summed E-state index contributed by atoms with van der Waals surface area (Å²) in [6.07, 6.45) is 7.28. The predicted octanol–water partition coefficient (Wildman–Crippen LogP) is 4.49. The van der Waals surface area contributed by atoms with Crippen molar-refractivity contribution in [3.8, 4) is 0 Å². The Labute approximate surface area is 151 Å². The van der Waals surface area contributed by atoms with Crippen molar-refractivity contribution >= 4 is 23.3 Å². The second-order valence-electron chi connectivity index (χ2n) is 7.34. The normalized spacial score (nSPS) is 24.6. The minimum atomic E-state index is -0.282. The van der Waals surface area contributed by atoms with Crippen LogP contribution in [0.4, 0.5) is 10.2 Å². The van der Waals surface area contributed by atoms with Gasteiger partial charge in [0.2, 0.25) is 5.91 Å². The summed E-state index contributed by atoms with van der Waals surface area (Å²) in [5.41, 5.74) is 0.791. The van der Waals surface area contributed by atoms with E-state index in [0.717, 1.165) is 17.4 Å². The first-order valence-electron chi connectivity index (χ1n) is 8.84. The van der Waals surface area contributed by atoms with Crippen molar-refractivity contribution in [1.29, 1.82) is 0 Å². The first-order chi connectivity index (χ1) is 12.1. The molecule has 1 aromatic carbocycles. The number of rotatable bonds is 5. The number of nitrogens with zero attached hydrogens (tertiary/aromatic N) is 2. The Kier molecular flexibility index (Phi) is 4.50. The van der Waals surface area contributed by atoms with E-state index in [-0.39, 0.29) is 11.7 Å². The van der Waals surface area contributed by atoms with Gasteiger partial charge in [0.1, 0.15) is 10.8 Å². The van der Waals surface area contributed by atoms with E-state index in [1.807, 2.05) is 6.07 Å². The van der Waals surface area contributed by atoms with E-state index in [9.17, 15) is 9.18 Å². The van der Waals surface area contributed by atoms with Gasteiger partial charge in [-0.05, 0) is 54.7 Å². The van der Waals surface area contributed by atoms with Crippen molar-refractivity contribution in [2.24, 2.45) is 17.8 Å². The average Bonchev–Trinajstić information content (AvgIpc) is 3.24. The summed E-state index contributed by atoms with van der Waals surface area (Å²) >= 11 is 6.19. The standard InChI is InChI=1S/C19H21ClFN3O/c20-17-11-24(10-13-2-1-3-16(21)8-13)23-19(17)22-18(25)9-15-7-12-4-5-14(15)6-12/h1-3,8,11-12,14-15H,4-7,9-10H2,(H,22,23,25). The molecule has 1 N–H and O–H groups in total. The molecule has 1 amide bonds. The molecule has 25 heavy (non-hydrogen) atoms. The average molecular weight is 362 g/mol. The number of hydrogen-bond acceptors (Lipinski definition) is 2. The molecule has 6 heteroatoms. The molecule has 2 aliphatic rings. The minimum absolute atomic E-state index is 0.0181. The number of benzene rings is 1. The van der Waals surface area contributed by atoms with Crippen LogP contribution < -0.4 is 5.32 Å². The Hall–Kier alpha value is -1.88. The molecule has 3 unspecified atom stereocenters. The Morgan fingerprint density at radius 1 is 1.36 bits per heavy atom. The van der Waals surface area contributed by atoms with Gasteiger partial charge < -0.3 is 5.32 Å². The molecular formula is C19H21ClFN3O. The molecular weight excluding hydrogens is 341 g/mol. The summed E-state index contributed by atoms with van der Waals surface area (Å²) in [5, 5.41) is 7.57. The second-order valence-corrected chi connectivity index (χ2v) is 7.75. The van der Waals surface area contributed by atoms with E-state index in [2.05, 4.69) is 10.4 Å². The van der Waals surface area contributed by atoms with Gasteiger partial charge in [0, 0.05) is 12.6 Å². The molecule has 2 bridgehead atoms. The number of anilines is 1. The van der Waals surface area contributed by atoms with E-state index in [4.69, 9.17) is 11.6 Å². The van der Waals surface area contributed by atoms with Gasteiger partial charge in [0.05, 0.1) is 6.54 Å². The van der Waals surface area contributed by atoms with Crippen LogP contribution in [0.15, 0.2) is 30.5 Å². The van der Waals surface area contributed by atoms with E-state index in [1.54, 1.807) is 16.9 Å². The molecule has 3 atom stereocenters. The smallest absolute Gasteiger partial charge is 0.225 e. The molecule has 1 aromatic heterocycles. The molecule has 2 saturated carbocycles. The van der Waals surface area contributed by atoms with Gasteiger partial charge in [0.15, 0.2) is 5.82 Å². The second kappa shape index (κ2) is 6.79. The Bertz CT molecular complexity index is 791. The third-order valence-electron chi connectivity index (χ3n) is 5.54. The third-order valence-corrected chi connectivity index (χ3v) is 5.82. The Morgan fingerprint density at radius 2 is 2.24 bits per heavy atom. The maximum Gasteiger partial charge on any atom is 0.225 e. The number of aromatic nitrogens is 2. The highest BCUT2D eigenvalue weighted by molar-refractivity contribution is 6.33. The lowest BCUT2D eigenvalue weighted by Crippen LogP contribution is -2.20. The number of carbonyl (C=O) groups excluding carboxylic acids is 1. The molecule has 1 heterocycles. The molecule has 0 aliphatic heterocycles. The molecule has 2 aliphatic carbocycles. The molecule has 132 valence electrons. The molecule has 4 nitrogen and oxygen atoms in total. The zero-order chi connectivity index (χ0) is 17.4. The predicted molar refractivity (Wildman–Crippen MR) is 94.9 cm³/mol. The number of hydrogen-bond donors (Lipinski definition) is 1. The summed E-state index contributed by atoms with van der Waals surface area (Å²) < 4.78 is 14.9. The van der Waals surface area contributed by atoms with E-state index in [0.29, 0.717) is 29.7 Å². The fourth-order valence-electron chi connectivity index (χ4n) is 4.43. The van der Waals surface area contributed by atoms with Gasteiger partial charge in [-0.3, -0.25) is 9.48 Å². The zero-order valence-corrected chi connectivity index (χ0v) is 14.7. The lowest BCUT2D eigenvalue weighted by Gasteiger charge is -2.20. The van der Waals surface area contributed by atoms with Crippen LogP contribution in [0.25, 0.3) is 0 Å². The third kappa shape index (κ3) is 3.71. The first-order valence-corrected chi connectivity index (χ1v) is 9.22. The fourth-order valence-corrected chi connectivity index (χ4v) is 4.63.